The number of piperidine rings is 1. The fraction of sp³-hybridized carbons (Fsp3) is 0.889. The van der Waals surface area contributed by atoms with Gasteiger partial charge in [-0.15, -0.1) is 0 Å². The van der Waals surface area contributed by atoms with E-state index in [9.17, 15) is 9.36 Å². The molecule has 0 aliphatic carbocycles. The number of hydrogen-bond acceptors (Lipinski definition) is 5. The van der Waals surface area contributed by atoms with E-state index in [0.29, 0.717) is 32.1 Å². The Bertz CT molecular complexity index is 288. The number of thiol groups is 1. The van der Waals surface area contributed by atoms with Crippen LogP contribution in [0, 0.1) is 0 Å². The van der Waals surface area contributed by atoms with Gasteiger partial charge in [0.15, 0.2) is 0 Å². The maximum absolute atomic E-state index is 12.5. The Labute approximate surface area is 102 Å². The van der Waals surface area contributed by atoms with Crippen molar-refractivity contribution >= 4 is 26.1 Å². The van der Waals surface area contributed by atoms with Gasteiger partial charge in [0.05, 0.1) is 0 Å². The van der Waals surface area contributed by atoms with Crippen molar-refractivity contribution in [3.05, 3.63) is 0 Å². The number of Topliss-reactive ketones (excluding diaryl/α,β-unsaturated/α-hetero) is 1. The molecule has 0 aromatic rings. The van der Waals surface area contributed by atoms with Gasteiger partial charge in [0, 0.05) is 32.1 Å². The van der Waals surface area contributed by atoms with Crippen molar-refractivity contribution in [1.82, 2.24) is 8.98 Å². The number of ketones is 1. The summed E-state index contributed by atoms with van der Waals surface area (Å²) in [5.74, 6) is 0.241. The molecule has 0 N–H and O–H groups in total. The minimum atomic E-state index is -2.77. The quantitative estimate of drug-likeness (QED) is 0.465. The fourth-order valence-electron chi connectivity index (χ4n) is 1.60. The summed E-state index contributed by atoms with van der Waals surface area (Å²) >= 11 is 4.04. The van der Waals surface area contributed by atoms with Crippen molar-refractivity contribution in [2.24, 2.45) is 0 Å². The fourth-order valence-corrected chi connectivity index (χ4v) is 3.65. The van der Waals surface area contributed by atoms with E-state index in [1.165, 1.54) is 4.31 Å². The molecule has 0 saturated carbocycles. The van der Waals surface area contributed by atoms with Crippen molar-refractivity contribution in [3.63, 3.8) is 0 Å². The molecule has 0 amide bonds. The van der Waals surface area contributed by atoms with E-state index in [2.05, 4.69) is 12.8 Å². The number of carbonyl (C=O) groups excluding carboxylic acids is 1. The van der Waals surface area contributed by atoms with Gasteiger partial charge < -0.3 is 4.52 Å². The molecule has 0 radical (unpaired) electrons. The second-order valence-corrected chi connectivity index (χ2v) is 7.28. The van der Waals surface area contributed by atoms with Crippen LogP contribution in [0.15, 0.2) is 0 Å². The minimum absolute atomic E-state index is 0.221. The molecule has 1 aliphatic heterocycles. The molecule has 1 heterocycles. The average molecular weight is 266 g/mol. The lowest BCUT2D eigenvalue weighted by Crippen LogP contribution is -2.33. The molecule has 7 heteroatoms. The largest absolute Gasteiger partial charge is 0.301 e. The van der Waals surface area contributed by atoms with Crippen molar-refractivity contribution in [2.75, 3.05) is 33.0 Å². The molecule has 1 unspecified atom stereocenters. The predicted molar refractivity (Wildman–Crippen MR) is 66.7 cm³/mol. The maximum Gasteiger partial charge on any atom is 0.273 e. The van der Waals surface area contributed by atoms with Crippen LogP contribution in [0.5, 0.6) is 0 Å². The van der Waals surface area contributed by atoms with Crippen LogP contribution in [0.2, 0.25) is 0 Å². The first kappa shape index (κ1) is 14.2. The molecule has 1 fully saturated rings. The molecule has 94 valence electrons. The highest BCUT2D eigenvalue weighted by molar-refractivity contribution is 7.77. The third-order valence-corrected chi connectivity index (χ3v) is 5.27. The van der Waals surface area contributed by atoms with Gasteiger partial charge in [0.1, 0.15) is 12.5 Å². The molecule has 1 aliphatic rings. The normalized spacial score (nSPS) is 22.4. The number of nitrogens with zero attached hydrogens (tertiary/aromatic N) is 2. The third-order valence-electron chi connectivity index (χ3n) is 2.57. The smallest absolute Gasteiger partial charge is 0.273 e. The van der Waals surface area contributed by atoms with E-state index in [0.717, 1.165) is 0 Å². The van der Waals surface area contributed by atoms with E-state index < -0.39 is 7.52 Å². The van der Waals surface area contributed by atoms with Crippen LogP contribution >= 0.6 is 20.3 Å². The molecule has 16 heavy (non-hydrogen) atoms. The van der Waals surface area contributed by atoms with Crippen LogP contribution in [-0.4, -0.2) is 47.8 Å². The summed E-state index contributed by atoms with van der Waals surface area (Å²) < 4.78 is 21.3. The second-order valence-electron chi connectivity index (χ2n) is 3.86. The number of carbonyl (C=O) groups is 1. The first-order chi connectivity index (χ1) is 7.48. The molecule has 0 aromatic carbocycles. The van der Waals surface area contributed by atoms with Crippen LogP contribution in [0.4, 0.5) is 0 Å². The first-order valence-corrected chi connectivity index (χ1v) is 7.55. The maximum atomic E-state index is 12.5. The van der Waals surface area contributed by atoms with E-state index in [-0.39, 0.29) is 12.5 Å². The van der Waals surface area contributed by atoms with Gasteiger partial charge in [-0.3, -0.25) is 9.36 Å². The molecular formula is C9H19N2O3PS. The lowest BCUT2D eigenvalue weighted by molar-refractivity contribution is -0.120. The Morgan fingerprint density at radius 1 is 1.50 bits per heavy atom. The average Bonchev–Trinajstić information content (AvgIpc) is 2.27. The Kier molecular flexibility index (Phi) is 5.47. The van der Waals surface area contributed by atoms with Crippen LogP contribution < -0.4 is 0 Å². The molecule has 0 aromatic heterocycles. The highest BCUT2D eigenvalue weighted by Gasteiger charge is 2.32. The zero-order chi connectivity index (χ0) is 12.2. The lowest BCUT2D eigenvalue weighted by Gasteiger charge is -2.33. The standard InChI is InChI=1S/C9H19N2O3PS/c1-3-15(13,14-8-10(2)16)11-6-4-9(12)5-7-11/h16H,3-8H2,1-2H3. The monoisotopic (exact) mass is 266 g/mol. The lowest BCUT2D eigenvalue weighted by atomic mass is 10.1. The van der Waals surface area contributed by atoms with E-state index in [1.54, 1.807) is 7.05 Å². The SMILES string of the molecule is CCP(=O)(OCN(C)S)N1CCC(=O)CC1. The van der Waals surface area contributed by atoms with Gasteiger partial charge in [-0.2, -0.15) is 0 Å². The highest BCUT2D eigenvalue weighted by Crippen LogP contribution is 2.51. The zero-order valence-corrected chi connectivity index (χ0v) is 11.5. The van der Waals surface area contributed by atoms with Gasteiger partial charge >= 0.3 is 0 Å². The molecular weight excluding hydrogens is 247 g/mol. The molecule has 0 spiro atoms. The number of hydrogen-bond donors (Lipinski definition) is 1. The summed E-state index contributed by atoms with van der Waals surface area (Å²) in [4.78, 5) is 11.1. The molecule has 1 atom stereocenters. The van der Waals surface area contributed by atoms with Crippen LogP contribution in [-0.2, 0) is 13.9 Å². The minimum Gasteiger partial charge on any atom is -0.301 e. The van der Waals surface area contributed by atoms with E-state index >= 15 is 0 Å². The third kappa shape index (κ3) is 3.86. The Hall–Kier alpha value is 0.130. The zero-order valence-electron chi connectivity index (χ0n) is 9.76. The van der Waals surface area contributed by atoms with Gasteiger partial charge in [0.25, 0.3) is 7.52 Å². The van der Waals surface area contributed by atoms with Gasteiger partial charge in [0.2, 0.25) is 0 Å². The summed E-state index contributed by atoms with van der Waals surface area (Å²) in [7, 11) is -1.03. The summed E-state index contributed by atoms with van der Waals surface area (Å²) in [6, 6.07) is 0. The van der Waals surface area contributed by atoms with Crippen molar-refractivity contribution in [1.29, 1.82) is 0 Å². The summed E-state index contributed by atoms with van der Waals surface area (Å²) in [5.41, 5.74) is 0. The van der Waals surface area contributed by atoms with Crippen LogP contribution in [0.3, 0.4) is 0 Å². The summed E-state index contributed by atoms with van der Waals surface area (Å²) in [5, 5.41) is 0. The van der Waals surface area contributed by atoms with Crippen molar-refractivity contribution in [3.8, 4) is 0 Å². The van der Waals surface area contributed by atoms with Gasteiger partial charge in [-0.25, -0.2) is 8.98 Å². The topological polar surface area (TPSA) is 49.9 Å². The van der Waals surface area contributed by atoms with Crippen LogP contribution in [0.25, 0.3) is 0 Å². The van der Waals surface area contributed by atoms with Gasteiger partial charge in [-0.1, -0.05) is 19.7 Å². The second kappa shape index (κ2) is 6.17. The van der Waals surface area contributed by atoms with Crippen LogP contribution in [0.1, 0.15) is 19.8 Å². The molecule has 1 rings (SSSR count). The first-order valence-electron chi connectivity index (χ1n) is 5.38. The molecule has 0 bridgehead atoms. The predicted octanol–water partition coefficient (Wildman–Crippen LogP) is 1.61. The molecule has 1 saturated heterocycles. The summed E-state index contributed by atoms with van der Waals surface area (Å²) in [6.07, 6.45) is 1.41. The Balaban J connectivity index is 2.57. The number of rotatable bonds is 5. The Morgan fingerprint density at radius 2 is 2.06 bits per heavy atom. The Morgan fingerprint density at radius 3 is 2.50 bits per heavy atom. The van der Waals surface area contributed by atoms with E-state index in [1.807, 2.05) is 11.6 Å². The van der Waals surface area contributed by atoms with Crippen molar-refractivity contribution in [2.45, 2.75) is 19.8 Å². The van der Waals surface area contributed by atoms with E-state index in [4.69, 9.17) is 4.52 Å². The molecule has 5 nitrogen and oxygen atoms in total. The van der Waals surface area contributed by atoms with Gasteiger partial charge in [-0.05, 0) is 7.05 Å². The highest BCUT2D eigenvalue weighted by atomic mass is 32.1. The van der Waals surface area contributed by atoms with Crippen molar-refractivity contribution < 1.29 is 13.9 Å². The summed E-state index contributed by atoms with van der Waals surface area (Å²) in [6.45, 7) is 3.15.